The van der Waals surface area contributed by atoms with Gasteiger partial charge in [-0.2, -0.15) is 0 Å². The van der Waals surface area contributed by atoms with Crippen molar-refractivity contribution >= 4 is 27.5 Å². The van der Waals surface area contributed by atoms with Crippen molar-refractivity contribution in [2.45, 2.75) is 19.8 Å². The molecule has 1 aromatic rings. The van der Waals surface area contributed by atoms with E-state index in [9.17, 15) is 4.79 Å². The van der Waals surface area contributed by atoms with Crippen LogP contribution < -0.4 is 5.32 Å². The van der Waals surface area contributed by atoms with Gasteiger partial charge in [-0.15, -0.1) is 12.3 Å². The van der Waals surface area contributed by atoms with Gasteiger partial charge >= 0.3 is 0 Å². The molecule has 0 unspecified atom stereocenters. The zero-order chi connectivity index (χ0) is 11.3. The molecule has 1 N–H and O–H groups in total. The van der Waals surface area contributed by atoms with Crippen LogP contribution in [0.3, 0.4) is 0 Å². The number of halogens is 1. The average Bonchev–Trinajstić information content (AvgIpc) is 2.19. The lowest BCUT2D eigenvalue weighted by Gasteiger charge is -2.06. The van der Waals surface area contributed by atoms with Gasteiger partial charge in [0.1, 0.15) is 4.60 Å². The number of terminal acetylenes is 1. The maximum absolute atomic E-state index is 11.4. The molecule has 1 aromatic heterocycles. The number of pyridine rings is 1. The summed E-state index contributed by atoms with van der Waals surface area (Å²) in [7, 11) is 0. The molecule has 0 spiro atoms. The van der Waals surface area contributed by atoms with Gasteiger partial charge in [0.05, 0.1) is 11.4 Å². The van der Waals surface area contributed by atoms with E-state index in [-0.39, 0.29) is 5.91 Å². The molecule has 1 amide bonds. The second-order valence-corrected chi connectivity index (χ2v) is 3.83. The van der Waals surface area contributed by atoms with E-state index >= 15 is 0 Å². The van der Waals surface area contributed by atoms with Gasteiger partial charge in [0.15, 0.2) is 0 Å². The summed E-state index contributed by atoms with van der Waals surface area (Å²) in [5.74, 6) is 2.34. The monoisotopic (exact) mass is 266 g/mol. The number of anilines is 1. The summed E-state index contributed by atoms with van der Waals surface area (Å²) < 4.78 is 0.752. The Kier molecular flexibility index (Phi) is 4.32. The highest BCUT2D eigenvalue weighted by Gasteiger charge is 2.04. The minimum absolute atomic E-state index is 0.0832. The molecule has 1 heterocycles. The zero-order valence-electron chi connectivity index (χ0n) is 8.38. The standard InChI is InChI=1S/C11H11BrN2O/c1-3-4-5-11(15)14-9-6-7-10(12)13-8(9)2/h1,6-7H,4-5H2,2H3,(H,14,15). The van der Waals surface area contributed by atoms with E-state index in [4.69, 9.17) is 6.42 Å². The van der Waals surface area contributed by atoms with Crippen molar-refractivity contribution in [3.8, 4) is 12.3 Å². The quantitative estimate of drug-likeness (QED) is 0.675. The van der Waals surface area contributed by atoms with Gasteiger partial charge < -0.3 is 5.32 Å². The fraction of sp³-hybridized carbons (Fsp3) is 0.273. The first kappa shape index (κ1) is 11.7. The van der Waals surface area contributed by atoms with Crippen LogP contribution in [0.25, 0.3) is 0 Å². The summed E-state index contributed by atoms with van der Waals surface area (Å²) in [4.78, 5) is 15.5. The third-order valence-electron chi connectivity index (χ3n) is 1.82. The number of amides is 1. The van der Waals surface area contributed by atoms with E-state index in [0.717, 1.165) is 16.0 Å². The highest BCUT2D eigenvalue weighted by molar-refractivity contribution is 9.10. The molecule has 0 radical (unpaired) electrons. The second kappa shape index (κ2) is 5.52. The Bertz CT molecular complexity index is 410. The van der Waals surface area contributed by atoms with Crippen molar-refractivity contribution in [3.63, 3.8) is 0 Å². The molecule has 0 aromatic carbocycles. The fourth-order valence-corrected chi connectivity index (χ4v) is 1.46. The topological polar surface area (TPSA) is 42.0 Å². The number of hydrogen-bond donors (Lipinski definition) is 1. The van der Waals surface area contributed by atoms with Gasteiger partial charge in [-0.3, -0.25) is 4.79 Å². The van der Waals surface area contributed by atoms with E-state index in [2.05, 4.69) is 32.2 Å². The van der Waals surface area contributed by atoms with E-state index in [1.54, 1.807) is 12.1 Å². The number of aryl methyl sites for hydroxylation is 1. The van der Waals surface area contributed by atoms with Gasteiger partial charge in [-0.25, -0.2) is 4.98 Å². The third kappa shape index (κ3) is 3.72. The smallest absolute Gasteiger partial charge is 0.225 e. The molecule has 15 heavy (non-hydrogen) atoms. The van der Waals surface area contributed by atoms with Crippen LogP contribution >= 0.6 is 15.9 Å². The van der Waals surface area contributed by atoms with E-state index in [1.165, 1.54) is 0 Å². The molecule has 4 heteroatoms. The van der Waals surface area contributed by atoms with E-state index < -0.39 is 0 Å². The minimum Gasteiger partial charge on any atom is -0.324 e. The summed E-state index contributed by atoms with van der Waals surface area (Å²) >= 11 is 3.25. The first-order valence-electron chi connectivity index (χ1n) is 4.50. The zero-order valence-corrected chi connectivity index (χ0v) is 9.97. The second-order valence-electron chi connectivity index (χ2n) is 3.02. The van der Waals surface area contributed by atoms with E-state index in [0.29, 0.717) is 12.8 Å². The molecule has 3 nitrogen and oxygen atoms in total. The summed E-state index contributed by atoms with van der Waals surface area (Å²) in [5.41, 5.74) is 1.50. The highest BCUT2D eigenvalue weighted by atomic mass is 79.9. The summed E-state index contributed by atoms with van der Waals surface area (Å²) in [6.45, 7) is 1.83. The van der Waals surface area contributed by atoms with Crippen molar-refractivity contribution in [2.24, 2.45) is 0 Å². The first-order chi connectivity index (χ1) is 7.13. The van der Waals surface area contributed by atoms with Crippen molar-refractivity contribution < 1.29 is 4.79 Å². The van der Waals surface area contributed by atoms with Gasteiger partial charge in [-0.05, 0) is 35.0 Å². The van der Waals surface area contributed by atoms with Crippen LogP contribution in [0.2, 0.25) is 0 Å². The molecule has 0 saturated heterocycles. The van der Waals surface area contributed by atoms with Gasteiger partial charge in [0.2, 0.25) is 5.91 Å². The first-order valence-corrected chi connectivity index (χ1v) is 5.29. The molecular formula is C11H11BrN2O. The molecule has 0 saturated carbocycles. The Morgan fingerprint density at radius 2 is 2.40 bits per heavy atom. The average molecular weight is 267 g/mol. The van der Waals surface area contributed by atoms with E-state index in [1.807, 2.05) is 6.92 Å². The molecule has 78 valence electrons. The highest BCUT2D eigenvalue weighted by Crippen LogP contribution is 2.16. The Labute approximate surface area is 97.4 Å². The summed E-state index contributed by atoms with van der Waals surface area (Å²) in [5, 5.41) is 2.75. The van der Waals surface area contributed by atoms with Crippen molar-refractivity contribution in [2.75, 3.05) is 5.32 Å². The number of nitrogens with one attached hydrogen (secondary N) is 1. The van der Waals surface area contributed by atoms with Gasteiger partial charge in [0.25, 0.3) is 0 Å². The Hall–Kier alpha value is -1.34. The molecule has 0 fully saturated rings. The summed E-state index contributed by atoms with van der Waals surface area (Å²) in [6.07, 6.45) is 5.86. The van der Waals surface area contributed by atoms with Crippen LogP contribution in [-0.4, -0.2) is 10.9 Å². The van der Waals surface area contributed by atoms with Crippen LogP contribution in [0.4, 0.5) is 5.69 Å². The predicted octanol–water partition coefficient (Wildman–Crippen LogP) is 2.50. The van der Waals surface area contributed by atoms with Crippen LogP contribution in [0.15, 0.2) is 16.7 Å². The number of carbonyl (C=O) groups is 1. The lowest BCUT2D eigenvalue weighted by molar-refractivity contribution is -0.116. The van der Waals surface area contributed by atoms with Crippen LogP contribution in [0, 0.1) is 19.3 Å². The maximum atomic E-state index is 11.4. The Morgan fingerprint density at radius 1 is 1.67 bits per heavy atom. The number of aromatic nitrogens is 1. The SMILES string of the molecule is C#CCCC(=O)Nc1ccc(Br)nc1C. The number of nitrogens with zero attached hydrogens (tertiary/aromatic N) is 1. The number of hydrogen-bond acceptors (Lipinski definition) is 2. The molecule has 0 bridgehead atoms. The molecular weight excluding hydrogens is 256 g/mol. The fourth-order valence-electron chi connectivity index (χ4n) is 1.06. The third-order valence-corrected chi connectivity index (χ3v) is 2.26. The Balaban J connectivity index is 2.65. The van der Waals surface area contributed by atoms with Crippen LogP contribution in [-0.2, 0) is 4.79 Å². The van der Waals surface area contributed by atoms with Crippen molar-refractivity contribution in [1.29, 1.82) is 0 Å². The number of rotatable bonds is 3. The van der Waals surface area contributed by atoms with Crippen molar-refractivity contribution in [1.82, 2.24) is 4.98 Å². The number of carbonyl (C=O) groups excluding carboxylic acids is 1. The van der Waals surface area contributed by atoms with Crippen molar-refractivity contribution in [3.05, 3.63) is 22.4 Å². The lowest BCUT2D eigenvalue weighted by atomic mass is 10.2. The normalized spacial score (nSPS) is 9.40. The molecule has 0 aliphatic rings. The lowest BCUT2D eigenvalue weighted by Crippen LogP contribution is -2.12. The largest absolute Gasteiger partial charge is 0.324 e. The van der Waals surface area contributed by atoms with Gasteiger partial charge in [0, 0.05) is 12.8 Å². The molecule has 0 aliphatic carbocycles. The minimum atomic E-state index is -0.0832. The molecule has 0 atom stereocenters. The van der Waals surface area contributed by atoms with Gasteiger partial charge in [-0.1, -0.05) is 0 Å². The summed E-state index contributed by atoms with van der Waals surface area (Å²) in [6, 6.07) is 3.59. The van der Waals surface area contributed by atoms with Crippen LogP contribution in [0.5, 0.6) is 0 Å². The predicted molar refractivity (Wildman–Crippen MR) is 63.4 cm³/mol. The van der Waals surface area contributed by atoms with Crippen LogP contribution in [0.1, 0.15) is 18.5 Å². The maximum Gasteiger partial charge on any atom is 0.225 e. The molecule has 1 rings (SSSR count). The Morgan fingerprint density at radius 3 is 3.00 bits per heavy atom. The molecule has 0 aliphatic heterocycles.